The van der Waals surface area contributed by atoms with Crippen LogP contribution in [0.4, 0.5) is 11.5 Å². The van der Waals surface area contributed by atoms with Gasteiger partial charge in [0, 0.05) is 17.7 Å². The van der Waals surface area contributed by atoms with Gasteiger partial charge < -0.3 is 5.73 Å². The quantitative estimate of drug-likeness (QED) is 0.792. The van der Waals surface area contributed by atoms with E-state index < -0.39 is 10.0 Å². The van der Waals surface area contributed by atoms with Gasteiger partial charge in [-0.2, -0.15) is 5.10 Å². The average Bonchev–Trinajstić information content (AvgIpc) is 2.58. The van der Waals surface area contributed by atoms with Gasteiger partial charge in [-0.3, -0.25) is 9.40 Å². The number of hydrogen-bond donors (Lipinski definition) is 2. The van der Waals surface area contributed by atoms with E-state index in [-0.39, 0.29) is 21.6 Å². The van der Waals surface area contributed by atoms with E-state index in [1.165, 1.54) is 16.9 Å². The van der Waals surface area contributed by atoms with Gasteiger partial charge in [-0.15, -0.1) is 0 Å². The van der Waals surface area contributed by atoms with Crippen molar-refractivity contribution in [1.82, 2.24) is 14.8 Å². The van der Waals surface area contributed by atoms with Crippen LogP contribution in [0.25, 0.3) is 0 Å². The molecule has 2 aromatic heterocycles. The minimum atomic E-state index is -3.90. The van der Waals surface area contributed by atoms with Crippen molar-refractivity contribution in [2.45, 2.75) is 11.8 Å². The Labute approximate surface area is 129 Å². The lowest BCUT2D eigenvalue weighted by Crippen LogP contribution is -2.15. The molecule has 0 spiro atoms. The Morgan fingerprint density at radius 2 is 2.15 bits per heavy atom. The van der Waals surface area contributed by atoms with Crippen molar-refractivity contribution < 1.29 is 8.42 Å². The molecule has 20 heavy (non-hydrogen) atoms. The predicted molar refractivity (Wildman–Crippen MR) is 80.1 cm³/mol. The molecule has 0 unspecified atom stereocenters. The van der Waals surface area contributed by atoms with Crippen LogP contribution < -0.4 is 10.5 Å². The highest BCUT2D eigenvalue weighted by Crippen LogP contribution is 2.28. The van der Waals surface area contributed by atoms with Crippen LogP contribution in [0.15, 0.2) is 21.6 Å². The van der Waals surface area contributed by atoms with Gasteiger partial charge in [0.1, 0.15) is 0 Å². The van der Waals surface area contributed by atoms with Gasteiger partial charge in [0.05, 0.1) is 11.4 Å². The average molecular weight is 381 g/mol. The molecule has 0 aliphatic carbocycles. The smallest absolute Gasteiger partial charge is 0.267 e. The lowest BCUT2D eigenvalue weighted by atomic mass is 10.4. The summed E-state index contributed by atoms with van der Waals surface area (Å²) in [6.07, 6.45) is 1.46. The van der Waals surface area contributed by atoms with Crippen LogP contribution in [0.5, 0.6) is 0 Å². The first-order valence-corrected chi connectivity index (χ1v) is 8.00. The van der Waals surface area contributed by atoms with Crippen molar-refractivity contribution in [2.24, 2.45) is 7.05 Å². The normalized spacial score (nSPS) is 11.6. The number of halogens is 2. The number of nitrogens with one attached hydrogen (secondary N) is 1. The minimum absolute atomic E-state index is 0.0388. The Kier molecular flexibility index (Phi) is 3.94. The summed E-state index contributed by atoms with van der Waals surface area (Å²) in [4.78, 5) is 3.77. The molecule has 0 saturated heterocycles. The molecule has 3 N–H and O–H groups in total. The van der Waals surface area contributed by atoms with E-state index in [4.69, 9.17) is 17.3 Å². The lowest BCUT2D eigenvalue weighted by molar-refractivity contribution is 0.600. The fourth-order valence-corrected chi connectivity index (χ4v) is 3.56. The van der Waals surface area contributed by atoms with Crippen molar-refractivity contribution in [3.63, 3.8) is 0 Å². The zero-order valence-electron chi connectivity index (χ0n) is 10.6. The van der Waals surface area contributed by atoms with E-state index in [1.807, 2.05) is 0 Å². The Morgan fingerprint density at radius 3 is 2.70 bits per heavy atom. The standard InChI is InChI=1S/C10H11BrClN5O2S/c1-5-8(10(13)15-17(5)2)20(18,19)16-7-3-6(11)4-14-9(7)12/h3-4,16H,1-2H3,(H2,13,15). The molecule has 10 heteroatoms. The molecular weight excluding hydrogens is 370 g/mol. The van der Waals surface area contributed by atoms with Gasteiger partial charge in [-0.1, -0.05) is 11.6 Å². The van der Waals surface area contributed by atoms with Crippen LogP contribution in [0, 0.1) is 6.92 Å². The van der Waals surface area contributed by atoms with Crippen molar-refractivity contribution in [3.8, 4) is 0 Å². The molecule has 2 heterocycles. The number of nitrogens with two attached hydrogens (primary N) is 1. The van der Waals surface area contributed by atoms with Crippen LogP contribution in [0.2, 0.25) is 5.15 Å². The van der Waals surface area contributed by atoms with Crippen molar-refractivity contribution in [2.75, 3.05) is 10.5 Å². The summed E-state index contributed by atoms with van der Waals surface area (Å²) in [6, 6.07) is 1.51. The highest BCUT2D eigenvalue weighted by molar-refractivity contribution is 9.10. The van der Waals surface area contributed by atoms with E-state index in [9.17, 15) is 8.42 Å². The summed E-state index contributed by atoms with van der Waals surface area (Å²) in [5.41, 5.74) is 6.22. The Morgan fingerprint density at radius 1 is 1.50 bits per heavy atom. The number of pyridine rings is 1. The first-order chi connectivity index (χ1) is 9.22. The summed E-state index contributed by atoms with van der Waals surface area (Å²) in [7, 11) is -2.29. The van der Waals surface area contributed by atoms with Gasteiger partial charge in [-0.25, -0.2) is 13.4 Å². The summed E-state index contributed by atoms with van der Waals surface area (Å²) in [5, 5.41) is 3.91. The zero-order chi connectivity index (χ0) is 15.1. The van der Waals surface area contributed by atoms with Crippen LogP contribution in [0.3, 0.4) is 0 Å². The summed E-state index contributed by atoms with van der Waals surface area (Å²) in [5.74, 6) is -0.0726. The molecule has 0 radical (unpaired) electrons. The second-order valence-corrected chi connectivity index (χ2v) is 6.91. The van der Waals surface area contributed by atoms with Gasteiger partial charge in [0.25, 0.3) is 10.0 Å². The molecule has 2 aromatic rings. The molecule has 0 aliphatic rings. The highest BCUT2D eigenvalue weighted by atomic mass is 79.9. The number of nitrogen functional groups attached to an aromatic ring is 1. The van der Waals surface area contributed by atoms with E-state index in [2.05, 4.69) is 30.7 Å². The van der Waals surface area contributed by atoms with Gasteiger partial charge in [0.2, 0.25) is 0 Å². The maximum atomic E-state index is 12.4. The Balaban J connectivity index is 2.49. The molecule has 0 aliphatic heterocycles. The molecule has 0 amide bonds. The number of hydrogen-bond acceptors (Lipinski definition) is 5. The second-order valence-electron chi connectivity index (χ2n) is 4.02. The fourth-order valence-electron chi connectivity index (χ4n) is 1.64. The largest absolute Gasteiger partial charge is 0.381 e. The molecule has 7 nitrogen and oxygen atoms in total. The molecule has 0 fully saturated rings. The number of aryl methyl sites for hydroxylation is 1. The predicted octanol–water partition coefficient (Wildman–Crippen LogP) is 1.92. The van der Waals surface area contributed by atoms with Gasteiger partial charge in [-0.05, 0) is 28.9 Å². The van der Waals surface area contributed by atoms with E-state index >= 15 is 0 Å². The third-order valence-electron chi connectivity index (χ3n) is 2.62. The Bertz CT molecular complexity index is 774. The van der Waals surface area contributed by atoms with E-state index in [0.717, 1.165) is 0 Å². The first-order valence-electron chi connectivity index (χ1n) is 5.35. The fraction of sp³-hybridized carbons (Fsp3) is 0.200. The monoisotopic (exact) mass is 379 g/mol. The minimum Gasteiger partial charge on any atom is -0.381 e. The van der Waals surface area contributed by atoms with E-state index in [0.29, 0.717) is 10.2 Å². The Hall–Kier alpha value is -1.32. The van der Waals surface area contributed by atoms with Crippen LogP contribution in [-0.4, -0.2) is 23.2 Å². The zero-order valence-corrected chi connectivity index (χ0v) is 13.7. The van der Waals surface area contributed by atoms with E-state index in [1.54, 1.807) is 14.0 Å². The topological polar surface area (TPSA) is 103 Å². The molecule has 2 rings (SSSR count). The van der Waals surface area contributed by atoms with Gasteiger partial charge >= 0.3 is 0 Å². The molecule has 108 valence electrons. The summed E-state index contributed by atoms with van der Waals surface area (Å²) < 4.78 is 29.1. The highest BCUT2D eigenvalue weighted by Gasteiger charge is 2.25. The maximum Gasteiger partial charge on any atom is 0.267 e. The van der Waals surface area contributed by atoms with Crippen LogP contribution in [-0.2, 0) is 17.1 Å². The second kappa shape index (κ2) is 5.23. The van der Waals surface area contributed by atoms with Crippen molar-refractivity contribution >= 4 is 49.1 Å². The molecule has 0 bridgehead atoms. The third-order valence-corrected chi connectivity index (χ3v) is 4.89. The van der Waals surface area contributed by atoms with Crippen molar-refractivity contribution in [3.05, 3.63) is 27.6 Å². The molecule has 0 saturated carbocycles. The molecule has 0 atom stereocenters. The lowest BCUT2D eigenvalue weighted by Gasteiger charge is -2.09. The number of nitrogens with zero attached hydrogens (tertiary/aromatic N) is 3. The SMILES string of the molecule is Cc1c(S(=O)(=O)Nc2cc(Br)cnc2Cl)c(N)nn1C. The first kappa shape index (κ1) is 15.1. The number of aromatic nitrogens is 3. The summed E-state index contributed by atoms with van der Waals surface area (Å²) in [6.45, 7) is 1.61. The number of sulfonamides is 1. The number of rotatable bonds is 3. The van der Waals surface area contributed by atoms with Crippen LogP contribution in [0.1, 0.15) is 5.69 Å². The number of anilines is 2. The van der Waals surface area contributed by atoms with Gasteiger partial charge in [0.15, 0.2) is 15.9 Å². The molecule has 0 aromatic carbocycles. The van der Waals surface area contributed by atoms with Crippen molar-refractivity contribution in [1.29, 1.82) is 0 Å². The third kappa shape index (κ3) is 2.74. The molecular formula is C10H11BrClN5O2S. The summed E-state index contributed by atoms with van der Waals surface area (Å²) >= 11 is 9.06. The van der Waals surface area contributed by atoms with Crippen LogP contribution >= 0.6 is 27.5 Å². The maximum absolute atomic E-state index is 12.4.